The molecule has 0 aliphatic carbocycles. The van der Waals surface area contributed by atoms with Gasteiger partial charge in [0.2, 0.25) is 5.91 Å². The molecule has 0 radical (unpaired) electrons. The number of nitrogens with zero attached hydrogens (tertiary/aromatic N) is 2. The fraction of sp³-hybridized carbons (Fsp3) is 0.273. The van der Waals surface area contributed by atoms with Gasteiger partial charge in [-0.15, -0.1) is 0 Å². The van der Waals surface area contributed by atoms with E-state index in [2.05, 4.69) is 29.5 Å². The summed E-state index contributed by atoms with van der Waals surface area (Å²) in [6.45, 7) is 5.64. The third-order valence-electron chi connectivity index (χ3n) is 4.63. The second kappa shape index (κ2) is 9.03. The molecular formula is C22H25N3O2. The van der Waals surface area contributed by atoms with Crippen molar-refractivity contribution in [2.24, 2.45) is 0 Å². The van der Waals surface area contributed by atoms with E-state index in [0.29, 0.717) is 26.1 Å². The number of hydrogen-bond donors (Lipinski definition) is 1. The van der Waals surface area contributed by atoms with Gasteiger partial charge < -0.3 is 10.1 Å². The van der Waals surface area contributed by atoms with E-state index in [-0.39, 0.29) is 5.91 Å². The van der Waals surface area contributed by atoms with Crippen LogP contribution in [-0.2, 0) is 17.9 Å². The minimum atomic E-state index is -0.0193. The molecule has 0 fully saturated rings. The van der Waals surface area contributed by atoms with Crippen LogP contribution in [0.15, 0.2) is 60.9 Å². The number of amides is 1. The molecule has 1 heterocycles. The number of aromatic nitrogens is 2. The molecule has 3 aromatic rings. The smallest absolute Gasteiger partial charge is 0.223 e. The molecule has 0 unspecified atom stereocenters. The Balaban J connectivity index is 1.49. The standard InChI is InChI=1S/C22H25N3O2/c1-17-7-5-10-21(18(17)2)27-14-11-22(26)23-15-19-8-3-4-9-20(19)16-25-13-6-12-24-25/h3-10,12-13H,11,14-16H2,1-2H3,(H,23,26). The van der Waals surface area contributed by atoms with E-state index in [1.807, 2.05) is 54.2 Å². The Bertz CT molecular complexity index is 888. The van der Waals surface area contributed by atoms with Crippen molar-refractivity contribution < 1.29 is 9.53 Å². The molecular weight excluding hydrogens is 338 g/mol. The average Bonchev–Trinajstić information content (AvgIpc) is 3.17. The molecule has 0 spiro atoms. The lowest BCUT2D eigenvalue weighted by Crippen LogP contribution is -2.25. The van der Waals surface area contributed by atoms with Gasteiger partial charge in [0.15, 0.2) is 0 Å². The van der Waals surface area contributed by atoms with Crippen molar-refractivity contribution in [2.75, 3.05) is 6.61 Å². The van der Waals surface area contributed by atoms with Gasteiger partial charge in [-0.3, -0.25) is 9.48 Å². The zero-order valence-corrected chi connectivity index (χ0v) is 15.8. The molecule has 0 aliphatic rings. The number of hydrogen-bond acceptors (Lipinski definition) is 3. The second-order valence-corrected chi connectivity index (χ2v) is 6.55. The van der Waals surface area contributed by atoms with Crippen molar-refractivity contribution >= 4 is 5.91 Å². The van der Waals surface area contributed by atoms with E-state index >= 15 is 0 Å². The summed E-state index contributed by atoms with van der Waals surface area (Å²) >= 11 is 0. The van der Waals surface area contributed by atoms with E-state index < -0.39 is 0 Å². The first-order chi connectivity index (χ1) is 13.1. The maximum Gasteiger partial charge on any atom is 0.223 e. The molecule has 140 valence electrons. The summed E-state index contributed by atoms with van der Waals surface area (Å²) in [7, 11) is 0. The van der Waals surface area contributed by atoms with Crippen molar-refractivity contribution in [3.05, 3.63) is 83.2 Å². The summed E-state index contributed by atoms with van der Waals surface area (Å²) in [6.07, 6.45) is 4.02. The predicted molar refractivity (Wildman–Crippen MR) is 106 cm³/mol. The molecule has 1 amide bonds. The number of carbonyl (C=O) groups is 1. The normalized spacial score (nSPS) is 10.6. The Morgan fingerprint density at radius 2 is 1.89 bits per heavy atom. The molecule has 5 nitrogen and oxygen atoms in total. The van der Waals surface area contributed by atoms with Gasteiger partial charge in [-0.1, -0.05) is 36.4 Å². The van der Waals surface area contributed by atoms with Crippen LogP contribution in [0.3, 0.4) is 0 Å². The average molecular weight is 363 g/mol. The number of benzene rings is 2. The summed E-state index contributed by atoms with van der Waals surface area (Å²) in [4.78, 5) is 12.2. The molecule has 3 rings (SSSR count). The van der Waals surface area contributed by atoms with Crippen LogP contribution < -0.4 is 10.1 Å². The Morgan fingerprint density at radius 3 is 2.67 bits per heavy atom. The van der Waals surface area contributed by atoms with Crippen molar-refractivity contribution in [2.45, 2.75) is 33.4 Å². The number of carbonyl (C=O) groups excluding carboxylic acids is 1. The topological polar surface area (TPSA) is 56.1 Å². The molecule has 0 saturated carbocycles. The molecule has 1 N–H and O–H groups in total. The Kier molecular flexibility index (Phi) is 6.26. The SMILES string of the molecule is Cc1cccc(OCCC(=O)NCc2ccccc2Cn2cccn2)c1C. The fourth-order valence-corrected chi connectivity index (χ4v) is 2.87. The zero-order valence-electron chi connectivity index (χ0n) is 15.8. The lowest BCUT2D eigenvalue weighted by atomic mass is 10.1. The zero-order chi connectivity index (χ0) is 19.1. The van der Waals surface area contributed by atoms with Gasteiger partial charge in [0.25, 0.3) is 0 Å². The van der Waals surface area contributed by atoms with Crippen molar-refractivity contribution in [3.8, 4) is 5.75 Å². The van der Waals surface area contributed by atoms with E-state index in [9.17, 15) is 4.79 Å². The predicted octanol–water partition coefficient (Wildman–Crippen LogP) is 3.63. The van der Waals surface area contributed by atoms with Gasteiger partial charge in [-0.2, -0.15) is 5.10 Å². The highest BCUT2D eigenvalue weighted by atomic mass is 16.5. The van der Waals surface area contributed by atoms with Crippen LogP contribution in [0.5, 0.6) is 5.75 Å². The van der Waals surface area contributed by atoms with Gasteiger partial charge in [-0.05, 0) is 48.2 Å². The van der Waals surface area contributed by atoms with Crippen LogP contribution in [-0.4, -0.2) is 22.3 Å². The molecule has 2 aromatic carbocycles. The van der Waals surface area contributed by atoms with E-state index in [1.54, 1.807) is 6.20 Å². The van der Waals surface area contributed by atoms with Crippen molar-refractivity contribution in [3.63, 3.8) is 0 Å². The second-order valence-electron chi connectivity index (χ2n) is 6.55. The molecule has 0 bridgehead atoms. The third kappa shape index (κ3) is 5.20. The largest absolute Gasteiger partial charge is 0.493 e. The molecule has 1 aromatic heterocycles. The molecule has 0 atom stereocenters. The minimum absolute atomic E-state index is 0.0193. The van der Waals surface area contributed by atoms with Crippen LogP contribution in [0.1, 0.15) is 28.7 Å². The summed E-state index contributed by atoms with van der Waals surface area (Å²) in [5.41, 5.74) is 4.54. The number of ether oxygens (including phenoxy) is 1. The monoisotopic (exact) mass is 363 g/mol. The number of nitrogens with one attached hydrogen (secondary N) is 1. The Hall–Kier alpha value is -3.08. The maximum atomic E-state index is 12.2. The van der Waals surface area contributed by atoms with Crippen LogP contribution >= 0.6 is 0 Å². The summed E-state index contributed by atoms with van der Waals surface area (Å²) in [5.74, 6) is 0.821. The van der Waals surface area contributed by atoms with Crippen molar-refractivity contribution in [1.82, 2.24) is 15.1 Å². The Labute approximate surface area is 160 Å². The van der Waals surface area contributed by atoms with Gasteiger partial charge in [0.05, 0.1) is 19.6 Å². The molecule has 0 saturated heterocycles. The van der Waals surface area contributed by atoms with Crippen molar-refractivity contribution in [1.29, 1.82) is 0 Å². The van der Waals surface area contributed by atoms with Crippen LogP contribution in [0.2, 0.25) is 0 Å². The summed E-state index contributed by atoms with van der Waals surface area (Å²) in [5, 5.41) is 7.23. The van der Waals surface area contributed by atoms with Gasteiger partial charge >= 0.3 is 0 Å². The van der Waals surface area contributed by atoms with E-state index in [0.717, 1.165) is 22.4 Å². The van der Waals surface area contributed by atoms with Gasteiger partial charge in [0.1, 0.15) is 5.75 Å². The van der Waals surface area contributed by atoms with Crippen LogP contribution in [0.4, 0.5) is 0 Å². The summed E-state index contributed by atoms with van der Waals surface area (Å²) in [6, 6.07) is 15.9. The number of aryl methyl sites for hydroxylation is 1. The third-order valence-corrected chi connectivity index (χ3v) is 4.63. The number of rotatable bonds is 8. The van der Waals surface area contributed by atoms with Crippen LogP contribution in [0.25, 0.3) is 0 Å². The lowest BCUT2D eigenvalue weighted by Gasteiger charge is -2.12. The highest BCUT2D eigenvalue weighted by Crippen LogP contribution is 2.20. The molecule has 5 heteroatoms. The van der Waals surface area contributed by atoms with E-state index in [1.165, 1.54) is 5.56 Å². The van der Waals surface area contributed by atoms with Gasteiger partial charge in [0, 0.05) is 18.9 Å². The lowest BCUT2D eigenvalue weighted by molar-refractivity contribution is -0.121. The first kappa shape index (κ1) is 18.7. The Morgan fingerprint density at radius 1 is 1.07 bits per heavy atom. The first-order valence-corrected chi connectivity index (χ1v) is 9.13. The first-order valence-electron chi connectivity index (χ1n) is 9.13. The van der Waals surface area contributed by atoms with E-state index in [4.69, 9.17) is 4.74 Å². The fourth-order valence-electron chi connectivity index (χ4n) is 2.87. The van der Waals surface area contributed by atoms with Crippen LogP contribution in [0, 0.1) is 13.8 Å². The summed E-state index contributed by atoms with van der Waals surface area (Å²) < 4.78 is 7.64. The quantitative estimate of drug-likeness (QED) is 0.665. The molecule has 0 aliphatic heterocycles. The minimum Gasteiger partial charge on any atom is -0.493 e. The maximum absolute atomic E-state index is 12.2. The van der Waals surface area contributed by atoms with Gasteiger partial charge in [-0.25, -0.2) is 0 Å². The highest BCUT2D eigenvalue weighted by Gasteiger charge is 2.07. The highest BCUT2D eigenvalue weighted by molar-refractivity contribution is 5.76. The molecule has 27 heavy (non-hydrogen) atoms.